The number of methoxy groups -OCH3 is 1. The van der Waals surface area contributed by atoms with Crippen molar-refractivity contribution in [2.24, 2.45) is 0 Å². The number of pyridine rings is 1. The number of hydrogen-bond acceptors (Lipinski definition) is 7. The number of nitrogens with zero attached hydrogens (tertiary/aromatic N) is 3. The van der Waals surface area contributed by atoms with Gasteiger partial charge in [-0.1, -0.05) is 36.4 Å². The third-order valence-corrected chi connectivity index (χ3v) is 4.96. The lowest BCUT2D eigenvalue weighted by atomic mass is 10.2. The Morgan fingerprint density at radius 1 is 1.10 bits per heavy atom. The second-order valence-corrected chi connectivity index (χ2v) is 7.01. The predicted octanol–water partition coefficient (Wildman–Crippen LogP) is 1.89. The molecule has 0 unspecified atom stereocenters. The zero-order valence-electron chi connectivity index (χ0n) is 16.7. The highest BCUT2D eigenvalue weighted by atomic mass is 16.5. The van der Waals surface area contributed by atoms with Crippen LogP contribution in [0.3, 0.4) is 0 Å². The number of benzene rings is 1. The van der Waals surface area contributed by atoms with Crippen molar-refractivity contribution in [3.8, 4) is 5.75 Å². The van der Waals surface area contributed by atoms with Gasteiger partial charge in [0.2, 0.25) is 5.75 Å². The second kappa shape index (κ2) is 9.06. The minimum Gasteiger partial charge on any atom is -0.481 e. The first-order valence-electron chi connectivity index (χ1n) is 9.76. The van der Waals surface area contributed by atoms with Crippen molar-refractivity contribution in [3.05, 3.63) is 75.8 Å². The highest BCUT2D eigenvalue weighted by molar-refractivity contribution is 5.90. The largest absolute Gasteiger partial charge is 0.481 e. The average Bonchev–Trinajstić information content (AvgIpc) is 2.79. The maximum atomic E-state index is 13.2. The predicted molar refractivity (Wildman–Crippen MR) is 110 cm³/mol. The van der Waals surface area contributed by atoms with E-state index < -0.39 is 11.5 Å². The SMILES string of the molecule is COC(=O)c1nc2ccc(CN3CCOCC3)cn2c(=O)c1OCc1ccccc1. The first kappa shape index (κ1) is 20.1. The van der Waals surface area contributed by atoms with E-state index in [9.17, 15) is 9.59 Å². The zero-order valence-corrected chi connectivity index (χ0v) is 16.7. The quantitative estimate of drug-likeness (QED) is 0.575. The number of ether oxygens (including phenoxy) is 3. The van der Waals surface area contributed by atoms with Crippen LogP contribution in [0.25, 0.3) is 5.65 Å². The van der Waals surface area contributed by atoms with Gasteiger partial charge in [-0.3, -0.25) is 14.1 Å². The van der Waals surface area contributed by atoms with E-state index in [1.807, 2.05) is 36.4 Å². The number of morpholine rings is 1. The number of aromatic nitrogens is 2. The van der Waals surface area contributed by atoms with Gasteiger partial charge in [0.05, 0.1) is 20.3 Å². The number of esters is 1. The van der Waals surface area contributed by atoms with Crippen LogP contribution in [0.2, 0.25) is 0 Å². The van der Waals surface area contributed by atoms with Crippen molar-refractivity contribution in [1.29, 1.82) is 0 Å². The van der Waals surface area contributed by atoms with Crippen LogP contribution in [-0.2, 0) is 22.6 Å². The molecule has 0 bridgehead atoms. The molecule has 0 N–H and O–H groups in total. The van der Waals surface area contributed by atoms with Crippen LogP contribution in [0.5, 0.6) is 5.75 Å². The van der Waals surface area contributed by atoms with Crippen LogP contribution in [0, 0.1) is 0 Å². The van der Waals surface area contributed by atoms with Crippen LogP contribution in [0.1, 0.15) is 21.6 Å². The first-order chi connectivity index (χ1) is 14.7. The van der Waals surface area contributed by atoms with Crippen molar-refractivity contribution in [2.45, 2.75) is 13.2 Å². The van der Waals surface area contributed by atoms with Gasteiger partial charge < -0.3 is 14.2 Å². The van der Waals surface area contributed by atoms with E-state index in [1.165, 1.54) is 11.5 Å². The lowest BCUT2D eigenvalue weighted by molar-refractivity contribution is 0.0341. The number of hydrogen-bond donors (Lipinski definition) is 0. The van der Waals surface area contributed by atoms with E-state index in [1.54, 1.807) is 12.3 Å². The van der Waals surface area contributed by atoms with Gasteiger partial charge in [0.25, 0.3) is 0 Å². The van der Waals surface area contributed by atoms with Gasteiger partial charge in [-0.05, 0) is 17.2 Å². The number of fused-ring (bicyclic) bond motifs is 1. The molecule has 0 saturated carbocycles. The van der Waals surface area contributed by atoms with E-state index >= 15 is 0 Å². The molecule has 4 rings (SSSR count). The first-order valence-corrected chi connectivity index (χ1v) is 9.76. The molecule has 1 aliphatic heterocycles. The van der Waals surface area contributed by atoms with Crippen LogP contribution >= 0.6 is 0 Å². The Bertz CT molecular complexity index is 1090. The molecule has 8 heteroatoms. The fourth-order valence-corrected chi connectivity index (χ4v) is 3.37. The highest BCUT2D eigenvalue weighted by Gasteiger charge is 2.22. The molecule has 3 aromatic rings. The molecule has 1 fully saturated rings. The smallest absolute Gasteiger partial charge is 0.360 e. The lowest BCUT2D eigenvalue weighted by Gasteiger charge is -2.26. The van der Waals surface area contributed by atoms with E-state index in [0.717, 1.165) is 24.2 Å². The molecular formula is C22H23N3O5. The van der Waals surface area contributed by atoms with Gasteiger partial charge in [-0.2, -0.15) is 0 Å². The number of carbonyl (C=O) groups excluding carboxylic acids is 1. The van der Waals surface area contributed by atoms with Gasteiger partial charge in [0.15, 0.2) is 5.69 Å². The minimum atomic E-state index is -0.713. The summed E-state index contributed by atoms with van der Waals surface area (Å²) in [5.41, 5.74) is 1.63. The summed E-state index contributed by atoms with van der Waals surface area (Å²) < 4.78 is 17.4. The molecule has 0 radical (unpaired) electrons. The Morgan fingerprint density at radius 3 is 2.60 bits per heavy atom. The molecule has 2 aromatic heterocycles. The summed E-state index contributed by atoms with van der Waals surface area (Å²) in [6.45, 7) is 3.94. The van der Waals surface area contributed by atoms with Gasteiger partial charge in [-0.15, -0.1) is 0 Å². The molecule has 30 heavy (non-hydrogen) atoms. The Kier molecular flexibility index (Phi) is 6.06. The van der Waals surface area contributed by atoms with E-state index in [-0.39, 0.29) is 18.1 Å². The Morgan fingerprint density at radius 2 is 1.87 bits per heavy atom. The Hall–Kier alpha value is -3.23. The third-order valence-electron chi connectivity index (χ3n) is 4.96. The molecular weight excluding hydrogens is 386 g/mol. The fraction of sp³-hybridized carbons (Fsp3) is 0.318. The zero-order chi connectivity index (χ0) is 20.9. The normalized spacial score (nSPS) is 14.6. The summed E-state index contributed by atoms with van der Waals surface area (Å²) in [6.07, 6.45) is 1.75. The van der Waals surface area contributed by atoms with Gasteiger partial charge >= 0.3 is 11.5 Å². The van der Waals surface area contributed by atoms with Crippen LogP contribution in [-0.4, -0.2) is 53.7 Å². The van der Waals surface area contributed by atoms with Crippen LogP contribution in [0.15, 0.2) is 53.5 Å². The topological polar surface area (TPSA) is 82.4 Å². The minimum absolute atomic E-state index is 0.119. The fourth-order valence-electron chi connectivity index (χ4n) is 3.37. The molecule has 156 valence electrons. The number of carbonyl (C=O) groups is 1. The Labute approximate surface area is 173 Å². The third kappa shape index (κ3) is 4.34. The molecule has 1 saturated heterocycles. The summed E-state index contributed by atoms with van der Waals surface area (Å²) in [7, 11) is 1.25. The highest BCUT2D eigenvalue weighted by Crippen LogP contribution is 2.17. The summed E-state index contributed by atoms with van der Waals surface area (Å²) in [5, 5.41) is 0. The van der Waals surface area contributed by atoms with Crippen molar-refractivity contribution in [2.75, 3.05) is 33.4 Å². The van der Waals surface area contributed by atoms with E-state index in [2.05, 4.69) is 9.88 Å². The maximum Gasteiger partial charge on any atom is 0.360 e. The summed E-state index contributed by atoms with van der Waals surface area (Å²) >= 11 is 0. The van der Waals surface area contributed by atoms with Gasteiger partial charge in [0.1, 0.15) is 12.3 Å². The molecule has 0 amide bonds. The lowest BCUT2D eigenvalue weighted by Crippen LogP contribution is -2.35. The monoisotopic (exact) mass is 409 g/mol. The maximum absolute atomic E-state index is 13.2. The molecule has 1 aromatic carbocycles. The van der Waals surface area contributed by atoms with E-state index in [4.69, 9.17) is 14.2 Å². The molecule has 8 nitrogen and oxygen atoms in total. The summed E-state index contributed by atoms with van der Waals surface area (Å²) in [4.78, 5) is 32.0. The number of rotatable bonds is 6. The molecule has 3 heterocycles. The average molecular weight is 409 g/mol. The van der Waals surface area contributed by atoms with Crippen molar-refractivity contribution < 1.29 is 19.0 Å². The molecule has 0 aliphatic carbocycles. The van der Waals surface area contributed by atoms with E-state index in [0.29, 0.717) is 25.4 Å². The summed E-state index contributed by atoms with van der Waals surface area (Å²) in [6, 6.07) is 13.0. The van der Waals surface area contributed by atoms with Crippen LogP contribution < -0.4 is 10.3 Å². The van der Waals surface area contributed by atoms with Gasteiger partial charge in [0, 0.05) is 25.8 Å². The molecule has 1 aliphatic rings. The summed E-state index contributed by atoms with van der Waals surface area (Å²) in [5.74, 6) is -0.832. The molecule has 0 spiro atoms. The van der Waals surface area contributed by atoms with Crippen molar-refractivity contribution in [3.63, 3.8) is 0 Å². The van der Waals surface area contributed by atoms with Crippen molar-refractivity contribution in [1.82, 2.24) is 14.3 Å². The van der Waals surface area contributed by atoms with Gasteiger partial charge in [-0.25, -0.2) is 9.78 Å². The Balaban J connectivity index is 1.69. The van der Waals surface area contributed by atoms with Crippen LogP contribution in [0.4, 0.5) is 0 Å². The molecule has 0 atom stereocenters. The standard InChI is InChI=1S/C22H23N3O5/c1-28-22(27)19-20(30-15-16-5-3-2-4-6-16)21(26)25-14-17(7-8-18(25)23-19)13-24-9-11-29-12-10-24/h2-8,14H,9-13,15H2,1H3. The second-order valence-electron chi connectivity index (χ2n) is 7.01. The van der Waals surface area contributed by atoms with Crippen molar-refractivity contribution >= 4 is 11.6 Å².